The number of ether oxygens (including phenoxy) is 1. The van der Waals surface area contributed by atoms with Gasteiger partial charge in [0.1, 0.15) is 17.2 Å². The minimum Gasteiger partial charge on any atom is -0.481 e. The van der Waals surface area contributed by atoms with Gasteiger partial charge in [-0.25, -0.2) is 12.8 Å². The summed E-state index contributed by atoms with van der Waals surface area (Å²) in [6.07, 6.45) is 6.61. The molecule has 0 spiro atoms. The van der Waals surface area contributed by atoms with Crippen molar-refractivity contribution in [1.29, 1.82) is 0 Å². The van der Waals surface area contributed by atoms with Crippen molar-refractivity contribution >= 4 is 38.6 Å². The number of benzene rings is 2. The highest BCUT2D eigenvalue weighted by Gasteiger charge is 2.33. The molecular weight excluding hydrogens is 551 g/mol. The van der Waals surface area contributed by atoms with Crippen molar-refractivity contribution in [2.45, 2.75) is 57.3 Å². The number of carboxylic acid groups (broad SMARTS) is 1. The lowest BCUT2D eigenvalue weighted by atomic mass is 10.0. The van der Waals surface area contributed by atoms with Gasteiger partial charge in [-0.15, -0.1) is 0 Å². The zero-order valence-electron chi connectivity index (χ0n) is 23.4. The van der Waals surface area contributed by atoms with Gasteiger partial charge in [0.05, 0.1) is 17.5 Å². The maximum atomic E-state index is 13.6. The molecule has 0 bridgehead atoms. The molecule has 1 heterocycles. The Balaban J connectivity index is 1.55. The van der Waals surface area contributed by atoms with E-state index < -0.39 is 21.8 Å². The van der Waals surface area contributed by atoms with E-state index >= 15 is 0 Å². The zero-order chi connectivity index (χ0) is 29.6. The van der Waals surface area contributed by atoms with Gasteiger partial charge in [-0.2, -0.15) is 0 Å². The van der Waals surface area contributed by atoms with Crippen LogP contribution >= 0.6 is 0 Å². The Labute approximate surface area is 239 Å². The number of hydrogen-bond acceptors (Lipinski definition) is 6. The van der Waals surface area contributed by atoms with Crippen LogP contribution in [0.4, 0.5) is 10.1 Å². The van der Waals surface area contributed by atoms with Gasteiger partial charge >= 0.3 is 5.97 Å². The largest absolute Gasteiger partial charge is 0.481 e. The molecule has 0 saturated heterocycles. The maximum absolute atomic E-state index is 13.6. The van der Waals surface area contributed by atoms with E-state index in [0.29, 0.717) is 66.0 Å². The predicted octanol–water partition coefficient (Wildman–Crippen LogP) is 5.68. The summed E-state index contributed by atoms with van der Waals surface area (Å²) in [4.78, 5) is 23.5. The Hall–Kier alpha value is -3.44. The summed E-state index contributed by atoms with van der Waals surface area (Å²) < 4.78 is 52.7. The molecule has 11 heteroatoms. The lowest BCUT2D eigenvalue weighted by molar-refractivity contribution is -0.137. The summed E-state index contributed by atoms with van der Waals surface area (Å²) in [6.45, 7) is 1.33. The molecule has 222 valence electrons. The second-order valence-corrected chi connectivity index (χ2v) is 12.3. The van der Waals surface area contributed by atoms with Crippen LogP contribution in [0.25, 0.3) is 22.3 Å². The molecule has 1 saturated carbocycles. The molecule has 2 aromatic carbocycles. The Morgan fingerprint density at radius 2 is 1.76 bits per heavy atom. The monoisotopic (exact) mass is 588 g/mol. The number of anilines is 1. The molecule has 0 unspecified atom stereocenters. The lowest BCUT2D eigenvalue weighted by Gasteiger charge is -2.25. The molecule has 2 N–H and O–H groups in total. The highest BCUT2D eigenvalue weighted by Crippen LogP contribution is 2.48. The number of hydrogen-bond donors (Lipinski definition) is 2. The van der Waals surface area contributed by atoms with Crippen LogP contribution in [-0.2, 0) is 19.6 Å². The summed E-state index contributed by atoms with van der Waals surface area (Å²) in [5.74, 6) is -1.07. The number of halogens is 1. The standard InChI is InChI=1S/C30H37FN2O7S/c1-32-30(36)28-24-18-23(20-9-10-20)25(19-26(24)40-29(28)21-11-13-22(31)14-12-21)33(41(2,37)38)15-5-3-6-16-39-17-7-4-8-27(34)35/h11-14,18-20H,3-10,15-17H2,1-2H3,(H,32,36)(H,34,35). The van der Waals surface area contributed by atoms with Crippen LogP contribution in [0.15, 0.2) is 40.8 Å². The van der Waals surface area contributed by atoms with Gasteiger partial charge in [0.15, 0.2) is 0 Å². The lowest BCUT2D eigenvalue weighted by Crippen LogP contribution is -2.31. The molecule has 1 fully saturated rings. The Kier molecular flexibility index (Phi) is 10.0. The number of nitrogens with zero attached hydrogens (tertiary/aromatic N) is 1. The number of carbonyl (C=O) groups is 2. The minimum atomic E-state index is -3.62. The van der Waals surface area contributed by atoms with Crippen LogP contribution < -0.4 is 9.62 Å². The topological polar surface area (TPSA) is 126 Å². The molecule has 1 aliphatic carbocycles. The van der Waals surface area contributed by atoms with E-state index in [1.165, 1.54) is 29.7 Å². The van der Waals surface area contributed by atoms with Crippen LogP contribution in [0.5, 0.6) is 0 Å². The third-order valence-electron chi connectivity index (χ3n) is 7.16. The van der Waals surface area contributed by atoms with Crippen molar-refractivity contribution in [3.8, 4) is 11.3 Å². The first-order valence-electron chi connectivity index (χ1n) is 14.0. The number of sulfonamides is 1. The van der Waals surface area contributed by atoms with Gasteiger partial charge in [-0.3, -0.25) is 13.9 Å². The molecule has 3 aromatic rings. The molecule has 1 aromatic heterocycles. The average molecular weight is 589 g/mol. The number of nitrogens with one attached hydrogen (secondary N) is 1. The third-order valence-corrected chi connectivity index (χ3v) is 8.34. The van der Waals surface area contributed by atoms with E-state index in [0.717, 1.165) is 31.2 Å². The number of aliphatic carboxylic acids is 1. The molecule has 1 amide bonds. The summed E-state index contributed by atoms with van der Waals surface area (Å²) in [5.41, 5.74) is 2.67. The van der Waals surface area contributed by atoms with E-state index in [1.807, 2.05) is 6.07 Å². The summed E-state index contributed by atoms with van der Waals surface area (Å²) in [7, 11) is -2.09. The molecule has 41 heavy (non-hydrogen) atoms. The fourth-order valence-electron chi connectivity index (χ4n) is 4.92. The Bertz CT molecular complexity index is 1480. The van der Waals surface area contributed by atoms with Gasteiger partial charge < -0.3 is 19.6 Å². The Morgan fingerprint density at radius 1 is 1.07 bits per heavy atom. The normalized spacial score (nSPS) is 13.4. The maximum Gasteiger partial charge on any atom is 0.303 e. The molecular formula is C30H37FN2O7S. The molecule has 9 nitrogen and oxygen atoms in total. The van der Waals surface area contributed by atoms with E-state index in [4.69, 9.17) is 14.3 Å². The molecule has 1 aliphatic rings. The molecule has 0 aliphatic heterocycles. The first-order chi connectivity index (χ1) is 19.6. The molecule has 4 rings (SSSR count). The number of carbonyl (C=O) groups excluding carboxylic acids is 1. The van der Waals surface area contributed by atoms with Gasteiger partial charge in [0.25, 0.3) is 5.91 Å². The third kappa shape index (κ3) is 7.85. The van der Waals surface area contributed by atoms with E-state index in [2.05, 4.69) is 5.32 Å². The predicted molar refractivity (Wildman–Crippen MR) is 155 cm³/mol. The van der Waals surface area contributed by atoms with E-state index in [1.54, 1.807) is 18.2 Å². The molecule has 0 radical (unpaired) electrons. The number of fused-ring (bicyclic) bond motifs is 1. The number of unbranched alkanes of at least 4 members (excludes halogenated alkanes) is 3. The molecule has 0 atom stereocenters. The van der Waals surface area contributed by atoms with Crippen LogP contribution in [0, 0.1) is 5.82 Å². The van der Waals surface area contributed by atoms with Gasteiger partial charge in [-0.1, -0.05) is 0 Å². The second-order valence-electron chi connectivity index (χ2n) is 10.4. The number of rotatable bonds is 16. The average Bonchev–Trinajstić information content (AvgIpc) is 3.70. The first kappa shape index (κ1) is 30.5. The van der Waals surface area contributed by atoms with E-state index in [9.17, 15) is 22.4 Å². The Morgan fingerprint density at radius 3 is 2.37 bits per heavy atom. The van der Waals surface area contributed by atoms with Gasteiger partial charge in [0.2, 0.25) is 10.0 Å². The number of carboxylic acids is 1. The highest BCUT2D eigenvalue weighted by atomic mass is 32.2. The minimum absolute atomic E-state index is 0.137. The van der Waals surface area contributed by atoms with Crippen molar-refractivity contribution in [3.05, 3.63) is 53.3 Å². The summed E-state index contributed by atoms with van der Waals surface area (Å²) in [5, 5.41) is 11.9. The van der Waals surface area contributed by atoms with Crippen molar-refractivity contribution in [1.82, 2.24) is 5.32 Å². The van der Waals surface area contributed by atoms with Crippen molar-refractivity contribution in [2.75, 3.05) is 37.4 Å². The van der Waals surface area contributed by atoms with Crippen LogP contribution in [0.2, 0.25) is 0 Å². The first-order valence-corrected chi connectivity index (χ1v) is 15.8. The van der Waals surface area contributed by atoms with Crippen molar-refractivity contribution in [3.63, 3.8) is 0 Å². The summed E-state index contributed by atoms with van der Waals surface area (Å²) in [6, 6.07) is 9.28. The number of amides is 1. The SMILES string of the molecule is CNC(=O)c1c(-c2ccc(F)cc2)oc2cc(N(CCCCCOCCCCC(=O)O)S(C)(=O)=O)c(C3CC3)cc12. The quantitative estimate of drug-likeness (QED) is 0.206. The van der Waals surface area contributed by atoms with Gasteiger partial charge in [0, 0.05) is 50.2 Å². The fourth-order valence-corrected chi connectivity index (χ4v) is 5.90. The van der Waals surface area contributed by atoms with Crippen LogP contribution in [-0.4, -0.2) is 58.5 Å². The van der Waals surface area contributed by atoms with Crippen molar-refractivity contribution < 1.29 is 36.7 Å². The summed E-state index contributed by atoms with van der Waals surface area (Å²) >= 11 is 0. The second kappa shape index (κ2) is 13.5. The number of furan rings is 1. The fraction of sp³-hybridized carbons (Fsp3) is 0.467. The van der Waals surface area contributed by atoms with Crippen molar-refractivity contribution in [2.24, 2.45) is 0 Å². The smallest absolute Gasteiger partial charge is 0.303 e. The zero-order valence-corrected chi connectivity index (χ0v) is 24.3. The van der Waals surface area contributed by atoms with Crippen LogP contribution in [0.3, 0.4) is 0 Å². The van der Waals surface area contributed by atoms with E-state index in [-0.39, 0.29) is 24.8 Å². The van der Waals surface area contributed by atoms with Gasteiger partial charge in [-0.05, 0) is 86.8 Å². The van der Waals surface area contributed by atoms with Crippen LogP contribution in [0.1, 0.15) is 73.2 Å². The highest BCUT2D eigenvalue weighted by molar-refractivity contribution is 7.92.